The summed E-state index contributed by atoms with van der Waals surface area (Å²) in [5.41, 5.74) is 2.83. The van der Waals surface area contributed by atoms with E-state index in [1.54, 1.807) is 23.2 Å². The second kappa shape index (κ2) is 13.9. The van der Waals surface area contributed by atoms with Gasteiger partial charge in [-0.2, -0.15) is 5.10 Å². The van der Waals surface area contributed by atoms with Gasteiger partial charge in [-0.3, -0.25) is 14.5 Å². The Morgan fingerprint density at radius 2 is 1.92 bits per heavy atom. The molecule has 13 nitrogen and oxygen atoms in total. The van der Waals surface area contributed by atoms with Gasteiger partial charge < -0.3 is 15.1 Å². The highest BCUT2D eigenvalue weighted by molar-refractivity contribution is 8.04. The molecule has 15 heteroatoms. The number of hydrogen-bond acceptors (Lipinski definition) is 10. The number of sulfonamides is 1. The molecule has 4 atom stereocenters. The van der Waals surface area contributed by atoms with E-state index in [0.717, 1.165) is 49.3 Å². The Balaban J connectivity index is 1.30. The third kappa shape index (κ3) is 7.19. The molecule has 260 valence electrons. The summed E-state index contributed by atoms with van der Waals surface area (Å²) in [6, 6.07) is 3.12. The number of nitrogens with zero attached hydrogens (tertiary/aromatic N) is 7. The molecular weight excluding hydrogens is 651 g/mol. The SMILES string of the molecule is CCN(CC)[C@@H](C)CNC(=O)c1cc(-c2cnn3c2N=C(C2=CCC(C)S2)CC3C)nc(N2CC[C@H]2C(=O)N2CC(NS(C)(=O)=O)C2)c1. The molecule has 0 aliphatic carbocycles. The van der Waals surface area contributed by atoms with Crippen molar-refractivity contribution in [3.05, 3.63) is 34.9 Å². The summed E-state index contributed by atoms with van der Waals surface area (Å²) in [6.07, 6.45) is 7.63. The van der Waals surface area contributed by atoms with Crippen LogP contribution in [0.3, 0.4) is 0 Å². The summed E-state index contributed by atoms with van der Waals surface area (Å²) in [7, 11) is -3.35. The molecule has 0 spiro atoms. The Hall–Kier alpha value is -3.27. The average molecular weight is 698 g/mol. The molecule has 6 rings (SSSR count). The fraction of sp³-hybridized carbons (Fsp3) is 0.606. The van der Waals surface area contributed by atoms with Gasteiger partial charge in [-0.05, 0) is 51.9 Å². The number of pyridine rings is 1. The molecule has 6 heterocycles. The van der Waals surface area contributed by atoms with Crippen molar-refractivity contribution in [1.82, 2.24) is 34.6 Å². The number of carbonyl (C=O) groups excluding carboxylic acids is 2. The predicted molar refractivity (Wildman–Crippen MR) is 190 cm³/mol. The third-order valence-corrected chi connectivity index (χ3v) is 11.7. The number of aliphatic imine (C=N–C) groups is 1. The number of anilines is 1. The van der Waals surface area contributed by atoms with E-state index in [9.17, 15) is 18.0 Å². The topological polar surface area (TPSA) is 145 Å². The van der Waals surface area contributed by atoms with E-state index in [2.05, 4.69) is 55.6 Å². The predicted octanol–water partition coefficient (Wildman–Crippen LogP) is 3.19. The molecule has 48 heavy (non-hydrogen) atoms. The van der Waals surface area contributed by atoms with Gasteiger partial charge in [0.1, 0.15) is 11.9 Å². The zero-order chi connectivity index (χ0) is 34.3. The quantitative estimate of drug-likeness (QED) is 0.342. The van der Waals surface area contributed by atoms with Gasteiger partial charge in [0.2, 0.25) is 15.9 Å². The number of likely N-dealkylation sites (N-methyl/N-ethyl adjacent to an activating group) is 1. The average Bonchev–Trinajstić information content (AvgIpc) is 3.63. The number of likely N-dealkylation sites (tertiary alicyclic amines) is 1. The maximum atomic E-state index is 13.7. The van der Waals surface area contributed by atoms with Crippen LogP contribution in [-0.4, -0.2) is 119 Å². The first-order chi connectivity index (χ1) is 22.8. The second-order valence-electron chi connectivity index (χ2n) is 13.4. The Labute approximate surface area is 287 Å². The van der Waals surface area contributed by atoms with Gasteiger partial charge in [0, 0.05) is 54.4 Å². The van der Waals surface area contributed by atoms with Crippen LogP contribution in [0.15, 0.2) is 34.3 Å². The minimum Gasteiger partial charge on any atom is -0.350 e. The molecule has 2 fully saturated rings. The second-order valence-corrected chi connectivity index (χ2v) is 16.6. The molecule has 2 saturated heterocycles. The van der Waals surface area contributed by atoms with E-state index in [1.165, 1.54) is 4.91 Å². The fourth-order valence-electron chi connectivity index (χ4n) is 6.85. The van der Waals surface area contributed by atoms with Crippen molar-refractivity contribution in [2.45, 2.75) is 83.3 Å². The van der Waals surface area contributed by atoms with Crippen LogP contribution in [0, 0.1) is 0 Å². The minimum absolute atomic E-state index is 0.0680. The minimum atomic E-state index is -3.35. The molecule has 2 N–H and O–H groups in total. The van der Waals surface area contributed by atoms with Crippen LogP contribution in [-0.2, 0) is 14.8 Å². The number of fused-ring (bicyclic) bond motifs is 1. The highest BCUT2D eigenvalue weighted by Gasteiger charge is 2.42. The van der Waals surface area contributed by atoms with Gasteiger partial charge >= 0.3 is 0 Å². The first-order valence-corrected chi connectivity index (χ1v) is 19.7. The highest BCUT2D eigenvalue weighted by atomic mass is 32.2. The maximum Gasteiger partial charge on any atom is 0.251 e. The van der Waals surface area contributed by atoms with Crippen LogP contribution < -0.4 is 14.9 Å². The van der Waals surface area contributed by atoms with Crippen LogP contribution in [0.5, 0.6) is 0 Å². The van der Waals surface area contributed by atoms with Gasteiger partial charge in [0.15, 0.2) is 5.82 Å². The summed E-state index contributed by atoms with van der Waals surface area (Å²) < 4.78 is 27.8. The standard InChI is InChI=1S/C33H47N9O4S2/c1-7-39(8-2)21(4)16-34-32(43)23-14-26(25-17-35-42-20(3)13-27(37-31(25)42)29-10-9-22(5)47-29)36-30(15-23)41-12-11-28(41)33(44)40-18-24(19-40)38-48(6,45)46/h10,14-15,17,20-22,24,28,38H,7-9,11-13,16,18-19H2,1-6H3,(H,34,43)/t20?,21-,22?,28-/m0/s1. The van der Waals surface area contributed by atoms with Gasteiger partial charge in [-0.1, -0.05) is 26.8 Å². The molecule has 0 aromatic carbocycles. The van der Waals surface area contributed by atoms with E-state index in [1.807, 2.05) is 21.3 Å². The van der Waals surface area contributed by atoms with Gasteiger partial charge in [-0.25, -0.2) is 27.8 Å². The number of thioether (sulfide) groups is 1. The van der Waals surface area contributed by atoms with Crippen molar-refractivity contribution < 1.29 is 18.0 Å². The monoisotopic (exact) mass is 697 g/mol. The summed E-state index contributed by atoms with van der Waals surface area (Å²) in [5, 5.41) is 8.35. The molecule has 0 bridgehead atoms. The number of aromatic nitrogens is 3. The van der Waals surface area contributed by atoms with Crippen LogP contribution >= 0.6 is 11.8 Å². The molecule has 4 aliphatic heterocycles. The normalized spacial score (nSPS) is 23.3. The molecule has 4 aliphatic rings. The largest absolute Gasteiger partial charge is 0.350 e. The van der Waals surface area contributed by atoms with Crippen molar-refractivity contribution in [3.63, 3.8) is 0 Å². The number of nitrogens with one attached hydrogen (secondary N) is 2. The first-order valence-electron chi connectivity index (χ1n) is 16.9. The van der Waals surface area contributed by atoms with Gasteiger partial charge in [0.25, 0.3) is 5.91 Å². The van der Waals surface area contributed by atoms with E-state index in [4.69, 9.17) is 15.1 Å². The van der Waals surface area contributed by atoms with Crippen LogP contribution in [0.2, 0.25) is 0 Å². The third-order valence-electron chi connectivity index (χ3n) is 9.68. The molecule has 2 aromatic heterocycles. The van der Waals surface area contributed by atoms with E-state index < -0.39 is 16.1 Å². The summed E-state index contributed by atoms with van der Waals surface area (Å²) in [4.78, 5) is 44.5. The Morgan fingerprint density at radius 3 is 2.54 bits per heavy atom. The molecular formula is C33H47N9O4S2. The number of amides is 2. The summed E-state index contributed by atoms with van der Waals surface area (Å²) in [6.45, 7) is 14.2. The van der Waals surface area contributed by atoms with Crippen LogP contribution in [0.4, 0.5) is 11.6 Å². The van der Waals surface area contributed by atoms with Crippen molar-refractivity contribution in [3.8, 4) is 11.3 Å². The summed E-state index contributed by atoms with van der Waals surface area (Å²) in [5.74, 6) is 0.986. The lowest BCUT2D eigenvalue weighted by atomic mass is 9.98. The number of carbonyl (C=O) groups is 2. The molecule has 0 radical (unpaired) electrons. The zero-order valence-corrected chi connectivity index (χ0v) is 30.3. The number of hydrogen-bond donors (Lipinski definition) is 2. The van der Waals surface area contributed by atoms with E-state index in [-0.39, 0.29) is 29.9 Å². The van der Waals surface area contributed by atoms with E-state index >= 15 is 0 Å². The first kappa shape index (κ1) is 34.6. The van der Waals surface area contributed by atoms with Crippen LogP contribution in [0.25, 0.3) is 11.3 Å². The lowest BCUT2D eigenvalue weighted by Crippen LogP contribution is -2.66. The molecule has 2 aromatic rings. The Kier molecular flexibility index (Phi) is 10.0. The highest BCUT2D eigenvalue weighted by Crippen LogP contribution is 2.42. The van der Waals surface area contributed by atoms with E-state index in [0.29, 0.717) is 54.9 Å². The van der Waals surface area contributed by atoms with Crippen molar-refractivity contribution >= 4 is 50.9 Å². The summed E-state index contributed by atoms with van der Waals surface area (Å²) >= 11 is 1.86. The fourth-order valence-corrected chi connectivity index (χ4v) is 8.69. The van der Waals surface area contributed by atoms with Crippen molar-refractivity contribution in [2.75, 3.05) is 50.4 Å². The van der Waals surface area contributed by atoms with Crippen LogP contribution in [0.1, 0.15) is 70.3 Å². The molecule has 2 unspecified atom stereocenters. The Bertz CT molecular complexity index is 1730. The smallest absolute Gasteiger partial charge is 0.251 e. The lowest BCUT2D eigenvalue weighted by molar-refractivity contribution is -0.138. The number of rotatable bonds is 12. The van der Waals surface area contributed by atoms with Crippen molar-refractivity contribution in [1.29, 1.82) is 0 Å². The van der Waals surface area contributed by atoms with Gasteiger partial charge in [0.05, 0.1) is 41.5 Å². The van der Waals surface area contributed by atoms with Gasteiger partial charge in [-0.15, -0.1) is 11.8 Å². The number of allylic oxidation sites excluding steroid dienone is 2. The maximum absolute atomic E-state index is 13.7. The lowest BCUT2D eigenvalue weighted by Gasteiger charge is -2.47. The van der Waals surface area contributed by atoms with Crippen molar-refractivity contribution in [2.24, 2.45) is 4.99 Å². The molecule has 0 saturated carbocycles. The Morgan fingerprint density at radius 1 is 1.17 bits per heavy atom. The molecule has 2 amide bonds. The zero-order valence-electron chi connectivity index (χ0n) is 28.6.